The summed E-state index contributed by atoms with van der Waals surface area (Å²) in [5, 5.41) is 6.70. The molecule has 182 valence electrons. The highest BCUT2D eigenvalue weighted by atomic mass is 35.5. The van der Waals surface area contributed by atoms with Crippen molar-refractivity contribution in [3.8, 4) is 0 Å². The van der Waals surface area contributed by atoms with Crippen LogP contribution in [-0.4, -0.2) is 66.1 Å². The van der Waals surface area contributed by atoms with Gasteiger partial charge in [0.05, 0.1) is 18.8 Å². The van der Waals surface area contributed by atoms with Gasteiger partial charge in [0.2, 0.25) is 6.04 Å². The predicted molar refractivity (Wildman–Crippen MR) is 129 cm³/mol. The van der Waals surface area contributed by atoms with E-state index in [1.807, 2.05) is 0 Å². The summed E-state index contributed by atoms with van der Waals surface area (Å²) in [5.74, 6) is -1.04. The maximum absolute atomic E-state index is 12.9. The number of esters is 2. The summed E-state index contributed by atoms with van der Waals surface area (Å²) in [6, 6.07) is 9.24. The van der Waals surface area contributed by atoms with E-state index in [2.05, 4.69) is 15.6 Å². The first-order chi connectivity index (χ1) is 16.4. The Morgan fingerprint density at radius 3 is 2.38 bits per heavy atom. The van der Waals surface area contributed by atoms with Crippen LogP contribution in [0.4, 0.5) is 11.5 Å². The van der Waals surface area contributed by atoms with Crippen LogP contribution >= 0.6 is 11.6 Å². The molecule has 9 nitrogen and oxygen atoms in total. The molecule has 3 rings (SSSR count). The monoisotopic (exact) mass is 488 g/mol. The molecule has 10 heteroatoms. The molecule has 0 saturated carbocycles. The molecule has 0 spiro atoms. The number of pyridine rings is 1. The predicted octanol–water partition coefficient (Wildman–Crippen LogP) is 3.36. The first-order valence-corrected chi connectivity index (χ1v) is 11.7. The Hall–Kier alpha value is -3.17. The lowest BCUT2D eigenvalue weighted by atomic mass is 10.0. The summed E-state index contributed by atoms with van der Waals surface area (Å²) >= 11 is 6.00. The van der Waals surface area contributed by atoms with E-state index in [9.17, 15) is 14.4 Å². The van der Waals surface area contributed by atoms with E-state index in [-0.39, 0.29) is 25.2 Å². The van der Waals surface area contributed by atoms with Gasteiger partial charge in [-0.15, -0.1) is 0 Å². The number of aromatic nitrogens is 1. The molecule has 34 heavy (non-hydrogen) atoms. The van der Waals surface area contributed by atoms with Crippen molar-refractivity contribution < 1.29 is 23.9 Å². The molecule has 1 aromatic carbocycles. The minimum atomic E-state index is -1.07. The molecule has 1 aliphatic rings. The van der Waals surface area contributed by atoms with Crippen LogP contribution < -0.4 is 10.6 Å². The lowest BCUT2D eigenvalue weighted by molar-refractivity contribution is -0.164. The molecule has 0 bridgehead atoms. The third-order valence-electron chi connectivity index (χ3n) is 5.39. The average molecular weight is 489 g/mol. The number of hydrogen-bond donors (Lipinski definition) is 2. The van der Waals surface area contributed by atoms with Crippen LogP contribution in [0, 0.1) is 0 Å². The number of amides is 1. The van der Waals surface area contributed by atoms with Crippen LogP contribution in [0.1, 0.15) is 37.0 Å². The molecule has 1 aromatic heterocycles. The first kappa shape index (κ1) is 25.5. The number of carbonyl (C=O) groups excluding carboxylic acids is 3. The Balaban J connectivity index is 1.64. The van der Waals surface area contributed by atoms with Crippen LogP contribution in [0.5, 0.6) is 0 Å². The van der Waals surface area contributed by atoms with Gasteiger partial charge in [-0.05, 0) is 57.0 Å². The second-order valence-corrected chi connectivity index (χ2v) is 8.16. The van der Waals surface area contributed by atoms with Crippen molar-refractivity contribution >= 4 is 41.0 Å². The normalized spacial score (nSPS) is 14.5. The van der Waals surface area contributed by atoms with Crippen LogP contribution in [0.15, 0.2) is 42.6 Å². The fourth-order valence-corrected chi connectivity index (χ4v) is 3.99. The zero-order chi connectivity index (χ0) is 24.5. The van der Waals surface area contributed by atoms with Crippen molar-refractivity contribution in [1.82, 2.24) is 9.88 Å². The zero-order valence-electron chi connectivity index (χ0n) is 19.3. The fraction of sp³-hybridized carbons (Fsp3) is 0.417. The lowest BCUT2D eigenvalue weighted by Crippen LogP contribution is -2.52. The van der Waals surface area contributed by atoms with E-state index in [1.165, 1.54) is 0 Å². The summed E-state index contributed by atoms with van der Waals surface area (Å²) in [4.78, 5) is 43.7. The third-order valence-corrected chi connectivity index (χ3v) is 5.63. The van der Waals surface area contributed by atoms with E-state index in [0.29, 0.717) is 48.0 Å². The number of carbonyl (C=O) groups is 3. The summed E-state index contributed by atoms with van der Waals surface area (Å²) in [6.07, 6.45) is 2.90. The second kappa shape index (κ2) is 12.3. The highest BCUT2D eigenvalue weighted by Crippen LogP contribution is 2.22. The summed E-state index contributed by atoms with van der Waals surface area (Å²) < 4.78 is 10.2. The maximum Gasteiger partial charge on any atom is 0.335 e. The summed E-state index contributed by atoms with van der Waals surface area (Å²) in [5.41, 5.74) is 0.991. The van der Waals surface area contributed by atoms with Gasteiger partial charge in [0.25, 0.3) is 5.91 Å². The molecule has 0 aliphatic carbocycles. The molecule has 1 aliphatic heterocycles. The molecular formula is C24H29ClN4O5. The molecule has 0 radical (unpaired) electrons. The lowest BCUT2D eigenvalue weighted by Gasteiger charge is -2.35. The molecule has 2 aromatic rings. The van der Waals surface area contributed by atoms with Gasteiger partial charge >= 0.3 is 11.9 Å². The number of piperidine rings is 1. The number of likely N-dealkylation sites (tertiary alicyclic amines) is 1. The van der Waals surface area contributed by atoms with Crippen molar-refractivity contribution in [2.45, 2.75) is 38.8 Å². The second-order valence-electron chi connectivity index (χ2n) is 7.73. The van der Waals surface area contributed by atoms with E-state index in [1.54, 1.807) is 61.3 Å². The molecule has 0 atom stereocenters. The average Bonchev–Trinajstić information content (AvgIpc) is 2.81. The van der Waals surface area contributed by atoms with Crippen LogP contribution in [-0.2, 0) is 19.1 Å². The fourth-order valence-electron chi connectivity index (χ4n) is 3.80. The van der Waals surface area contributed by atoms with Crippen molar-refractivity contribution in [2.75, 3.05) is 36.9 Å². The number of nitrogens with one attached hydrogen (secondary N) is 2. The Morgan fingerprint density at radius 1 is 1.09 bits per heavy atom. The Kier molecular flexibility index (Phi) is 9.24. The summed E-state index contributed by atoms with van der Waals surface area (Å²) in [7, 11) is 0. The van der Waals surface area contributed by atoms with E-state index in [4.69, 9.17) is 21.1 Å². The van der Waals surface area contributed by atoms with Gasteiger partial charge in [-0.2, -0.15) is 0 Å². The van der Waals surface area contributed by atoms with Gasteiger partial charge in [0.1, 0.15) is 5.82 Å². The SMILES string of the molecule is CCOC(=O)C(C(=O)OCC)N1CCC(Nc2ncccc2C(=O)Nc2cccc(Cl)c2)CC1. The number of rotatable bonds is 9. The molecular weight excluding hydrogens is 460 g/mol. The Morgan fingerprint density at radius 2 is 1.76 bits per heavy atom. The Labute approximate surface area is 203 Å². The van der Waals surface area contributed by atoms with Crippen molar-refractivity contribution in [1.29, 1.82) is 0 Å². The maximum atomic E-state index is 12.9. The smallest absolute Gasteiger partial charge is 0.335 e. The highest BCUT2D eigenvalue weighted by molar-refractivity contribution is 6.31. The number of anilines is 2. The quantitative estimate of drug-likeness (QED) is 0.408. The highest BCUT2D eigenvalue weighted by Gasteiger charge is 2.37. The van der Waals surface area contributed by atoms with Crippen molar-refractivity contribution in [2.24, 2.45) is 0 Å². The topological polar surface area (TPSA) is 110 Å². The van der Waals surface area contributed by atoms with Crippen LogP contribution in [0.3, 0.4) is 0 Å². The standard InChI is InChI=1S/C24H29ClN4O5/c1-3-33-23(31)20(24(32)34-4-2)29-13-10-17(11-14-29)27-21-19(9-6-12-26-21)22(30)28-18-8-5-7-16(25)15-18/h5-9,12,15,17,20H,3-4,10-11,13-14H2,1-2H3,(H,26,27)(H,28,30). The van der Waals surface area contributed by atoms with E-state index >= 15 is 0 Å². The number of nitrogens with zero attached hydrogens (tertiary/aromatic N) is 2. The van der Waals surface area contributed by atoms with Crippen LogP contribution in [0.25, 0.3) is 0 Å². The van der Waals surface area contributed by atoms with E-state index in [0.717, 1.165) is 0 Å². The largest absolute Gasteiger partial charge is 0.464 e. The number of hydrogen-bond acceptors (Lipinski definition) is 8. The third kappa shape index (κ3) is 6.68. The molecule has 1 fully saturated rings. The van der Waals surface area contributed by atoms with Crippen LogP contribution in [0.2, 0.25) is 5.02 Å². The van der Waals surface area contributed by atoms with Gasteiger partial charge in [-0.1, -0.05) is 17.7 Å². The zero-order valence-corrected chi connectivity index (χ0v) is 20.0. The van der Waals surface area contributed by atoms with Crippen molar-refractivity contribution in [3.05, 3.63) is 53.2 Å². The molecule has 2 heterocycles. The van der Waals surface area contributed by atoms with Gasteiger partial charge in [-0.25, -0.2) is 14.6 Å². The first-order valence-electron chi connectivity index (χ1n) is 11.3. The number of benzene rings is 1. The van der Waals surface area contributed by atoms with Gasteiger partial charge in [-0.3, -0.25) is 9.69 Å². The number of ether oxygens (including phenoxy) is 2. The van der Waals surface area contributed by atoms with Gasteiger partial charge in [0.15, 0.2) is 0 Å². The van der Waals surface area contributed by atoms with Gasteiger partial charge < -0.3 is 20.1 Å². The Bertz CT molecular complexity index is 992. The molecule has 2 N–H and O–H groups in total. The molecule has 1 saturated heterocycles. The minimum Gasteiger partial charge on any atom is -0.464 e. The minimum absolute atomic E-state index is 0.00825. The summed E-state index contributed by atoms with van der Waals surface area (Å²) in [6.45, 7) is 4.74. The molecule has 0 unspecified atom stereocenters. The van der Waals surface area contributed by atoms with E-state index < -0.39 is 18.0 Å². The number of halogens is 1. The van der Waals surface area contributed by atoms with Gasteiger partial charge in [0, 0.05) is 36.0 Å². The van der Waals surface area contributed by atoms with Crippen molar-refractivity contribution in [3.63, 3.8) is 0 Å². The molecule has 1 amide bonds.